The molecule has 0 amide bonds. The highest BCUT2D eigenvalue weighted by Crippen LogP contribution is 2.35. The SMILES string of the molecule is CCCc1nc2cc3c(cc2n1CCC(=O)O)OCCO3. The molecule has 0 spiro atoms. The monoisotopic (exact) mass is 290 g/mol. The van der Waals surface area contributed by atoms with Crippen molar-refractivity contribution in [3.05, 3.63) is 18.0 Å². The molecular weight excluding hydrogens is 272 g/mol. The zero-order valence-corrected chi connectivity index (χ0v) is 12.0. The van der Waals surface area contributed by atoms with Gasteiger partial charge in [-0.1, -0.05) is 6.92 Å². The standard InChI is InChI=1S/C15H18N2O4/c1-2-3-14-16-10-8-12-13(21-7-6-20-12)9-11(10)17(14)5-4-15(18)19/h8-9H,2-7H2,1H3,(H,18,19). The molecular formula is C15H18N2O4. The average molecular weight is 290 g/mol. The van der Waals surface area contributed by atoms with Gasteiger partial charge in [0.05, 0.1) is 17.5 Å². The number of aromatic nitrogens is 2. The van der Waals surface area contributed by atoms with Crippen molar-refractivity contribution in [1.82, 2.24) is 9.55 Å². The van der Waals surface area contributed by atoms with E-state index in [1.54, 1.807) is 0 Å². The fourth-order valence-corrected chi connectivity index (χ4v) is 2.58. The van der Waals surface area contributed by atoms with Crippen LogP contribution in [0.2, 0.25) is 0 Å². The minimum absolute atomic E-state index is 0.0800. The quantitative estimate of drug-likeness (QED) is 0.914. The molecule has 0 saturated carbocycles. The van der Waals surface area contributed by atoms with Crippen molar-refractivity contribution in [3.8, 4) is 11.5 Å². The first-order valence-corrected chi connectivity index (χ1v) is 7.19. The van der Waals surface area contributed by atoms with Gasteiger partial charge in [0.2, 0.25) is 0 Å². The Bertz CT molecular complexity index is 678. The fraction of sp³-hybridized carbons (Fsp3) is 0.467. The molecule has 0 saturated heterocycles. The van der Waals surface area contributed by atoms with Crippen LogP contribution in [0.3, 0.4) is 0 Å². The summed E-state index contributed by atoms with van der Waals surface area (Å²) in [4.78, 5) is 15.5. The highest BCUT2D eigenvalue weighted by Gasteiger charge is 2.18. The van der Waals surface area contributed by atoms with E-state index in [0.717, 1.165) is 29.7 Å². The van der Waals surface area contributed by atoms with E-state index in [0.29, 0.717) is 31.3 Å². The van der Waals surface area contributed by atoms with Gasteiger partial charge in [-0.15, -0.1) is 0 Å². The Morgan fingerprint density at radius 1 is 1.33 bits per heavy atom. The number of imidazole rings is 1. The molecule has 3 rings (SSSR count). The van der Waals surface area contributed by atoms with Crippen LogP contribution in [-0.4, -0.2) is 33.8 Å². The highest BCUT2D eigenvalue weighted by molar-refractivity contribution is 5.81. The summed E-state index contributed by atoms with van der Waals surface area (Å²) in [5, 5.41) is 8.92. The van der Waals surface area contributed by atoms with Gasteiger partial charge in [0.1, 0.15) is 19.0 Å². The van der Waals surface area contributed by atoms with Gasteiger partial charge in [-0.05, 0) is 6.42 Å². The topological polar surface area (TPSA) is 73.6 Å². The predicted molar refractivity (Wildman–Crippen MR) is 77.0 cm³/mol. The zero-order valence-electron chi connectivity index (χ0n) is 12.0. The van der Waals surface area contributed by atoms with Crippen LogP contribution in [0.1, 0.15) is 25.6 Å². The molecule has 2 aromatic rings. The number of carbonyl (C=O) groups is 1. The molecule has 0 unspecified atom stereocenters. The van der Waals surface area contributed by atoms with E-state index >= 15 is 0 Å². The number of nitrogens with zero attached hydrogens (tertiary/aromatic N) is 2. The molecule has 0 radical (unpaired) electrons. The first kappa shape index (κ1) is 13.7. The fourth-order valence-electron chi connectivity index (χ4n) is 2.58. The average Bonchev–Trinajstić information content (AvgIpc) is 2.79. The molecule has 1 aromatic heterocycles. The minimum Gasteiger partial charge on any atom is -0.486 e. The van der Waals surface area contributed by atoms with Gasteiger partial charge >= 0.3 is 5.97 Å². The lowest BCUT2D eigenvalue weighted by atomic mass is 10.2. The second-order valence-corrected chi connectivity index (χ2v) is 5.06. The molecule has 1 N–H and O–H groups in total. The van der Waals surface area contributed by atoms with Crippen molar-refractivity contribution in [1.29, 1.82) is 0 Å². The van der Waals surface area contributed by atoms with Crippen LogP contribution in [0.5, 0.6) is 11.5 Å². The van der Waals surface area contributed by atoms with Crippen LogP contribution in [-0.2, 0) is 17.8 Å². The van der Waals surface area contributed by atoms with E-state index < -0.39 is 5.97 Å². The van der Waals surface area contributed by atoms with Gasteiger partial charge in [0.15, 0.2) is 11.5 Å². The van der Waals surface area contributed by atoms with Crippen LogP contribution in [0.25, 0.3) is 11.0 Å². The number of aliphatic carboxylic acids is 1. The Kier molecular flexibility index (Phi) is 3.68. The molecule has 2 heterocycles. The van der Waals surface area contributed by atoms with Crippen molar-refractivity contribution >= 4 is 17.0 Å². The summed E-state index contributed by atoms with van der Waals surface area (Å²) < 4.78 is 13.1. The molecule has 112 valence electrons. The van der Waals surface area contributed by atoms with Gasteiger partial charge in [0.25, 0.3) is 0 Å². The lowest BCUT2D eigenvalue weighted by Gasteiger charge is -2.18. The number of fused-ring (bicyclic) bond motifs is 2. The maximum absolute atomic E-state index is 10.9. The highest BCUT2D eigenvalue weighted by atomic mass is 16.6. The lowest BCUT2D eigenvalue weighted by molar-refractivity contribution is -0.137. The molecule has 1 aromatic carbocycles. The number of hydrogen-bond acceptors (Lipinski definition) is 4. The third-order valence-corrected chi connectivity index (χ3v) is 3.51. The van der Waals surface area contributed by atoms with Crippen LogP contribution in [0.15, 0.2) is 12.1 Å². The van der Waals surface area contributed by atoms with Crippen molar-refractivity contribution in [2.75, 3.05) is 13.2 Å². The normalized spacial score (nSPS) is 13.6. The number of benzene rings is 1. The third kappa shape index (κ3) is 2.66. The lowest BCUT2D eigenvalue weighted by Crippen LogP contribution is -2.15. The van der Waals surface area contributed by atoms with E-state index in [-0.39, 0.29) is 6.42 Å². The smallest absolute Gasteiger partial charge is 0.305 e. The molecule has 0 aliphatic carbocycles. The summed E-state index contributed by atoms with van der Waals surface area (Å²) in [6.45, 7) is 3.57. The first-order chi connectivity index (χ1) is 10.2. The summed E-state index contributed by atoms with van der Waals surface area (Å²) >= 11 is 0. The van der Waals surface area contributed by atoms with Crippen molar-refractivity contribution in [3.63, 3.8) is 0 Å². The third-order valence-electron chi connectivity index (χ3n) is 3.51. The molecule has 6 heteroatoms. The molecule has 1 aliphatic rings. The molecule has 1 aliphatic heterocycles. The summed E-state index contributed by atoms with van der Waals surface area (Å²) in [5.74, 6) is 1.51. The Hall–Kier alpha value is -2.24. The van der Waals surface area contributed by atoms with Crippen LogP contribution in [0, 0.1) is 0 Å². The van der Waals surface area contributed by atoms with Crippen molar-refractivity contribution in [2.24, 2.45) is 0 Å². The second kappa shape index (κ2) is 5.63. The molecule has 21 heavy (non-hydrogen) atoms. The Balaban J connectivity index is 2.07. The van der Waals surface area contributed by atoms with Crippen molar-refractivity contribution < 1.29 is 19.4 Å². The van der Waals surface area contributed by atoms with Crippen molar-refractivity contribution in [2.45, 2.75) is 32.7 Å². The largest absolute Gasteiger partial charge is 0.486 e. The number of carboxylic acids is 1. The predicted octanol–water partition coefficient (Wildman–Crippen LogP) is 2.23. The molecule has 0 bridgehead atoms. The van der Waals surface area contributed by atoms with Crippen LogP contribution >= 0.6 is 0 Å². The second-order valence-electron chi connectivity index (χ2n) is 5.06. The van der Waals surface area contributed by atoms with Gasteiger partial charge in [-0.25, -0.2) is 4.98 Å². The van der Waals surface area contributed by atoms with Gasteiger partial charge in [-0.2, -0.15) is 0 Å². The Labute approximate surface area is 122 Å². The summed E-state index contributed by atoms with van der Waals surface area (Å²) in [6.07, 6.45) is 1.86. The summed E-state index contributed by atoms with van der Waals surface area (Å²) in [6, 6.07) is 3.78. The first-order valence-electron chi connectivity index (χ1n) is 7.19. The zero-order chi connectivity index (χ0) is 14.8. The maximum Gasteiger partial charge on any atom is 0.305 e. The minimum atomic E-state index is -0.808. The van der Waals surface area contributed by atoms with E-state index in [2.05, 4.69) is 11.9 Å². The number of ether oxygens (including phenoxy) is 2. The van der Waals surface area contributed by atoms with Crippen LogP contribution in [0.4, 0.5) is 0 Å². The molecule has 6 nitrogen and oxygen atoms in total. The van der Waals surface area contributed by atoms with Gasteiger partial charge in [0, 0.05) is 25.1 Å². The number of rotatable bonds is 5. The van der Waals surface area contributed by atoms with Gasteiger partial charge < -0.3 is 19.1 Å². The van der Waals surface area contributed by atoms with Crippen LogP contribution < -0.4 is 9.47 Å². The molecule has 0 atom stereocenters. The van der Waals surface area contributed by atoms with E-state index in [1.807, 2.05) is 16.7 Å². The summed E-state index contributed by atoms with van der Waals surface area (Å²) in [7, 11) is 0. The molecule has 0 fully saturated rings. The van der Waals surface area contributed by atoms with E-state index in [4.69, 9.17) is 14.6 Å². The Morgan fingerprint density at radius 3 is 2.71 bits per heavy atom. The maximum atomic E-state index is 10.9. The number of hydrogen-bond donors (Lipinski definition) is 1. The van der Waals surface area contributed by atoms with Gasteiger partial charge in [-0.3, -0.25) is 4.79 Å². The van der Waals surface area contributed by atoms with E-state index in [9.17, 15) is 4.79 Å². The Morgan fingerprint density at radius 2 is 2.05 bits per heavy atom. The summed E-state index contributed by atoms with van der Waals surface area (Å²) in [5.41, 5.74) is 1.73. The number of carboxylic acid groups (broad SMARTS) is 1. The van der Waals surface area contributed by atoms with E-state index in [1.165, 1.54) is 0 Å². The number of aryl methyl sites for hydroxylation is 2.